The summed E-state index contributed by atoms with van der Waals surface area (Å²) in [4.78, 5) is 17.2. The normalized spacial score (nSPS) is 28.7. The van der Waals surface area contributed by atoms with E-state index in [9.17, 15) is 4.79 Å². The molecule has 0 spiro atoms. The van der Waals surface area contributed by atoms with Crippen molar-refractivity contribution >= 4 is 5.91 Å². The highest BCUT2D eigenvalue weighted by atomic mass is 16.5. The monoisotopic (exact) mass is 318 g/mol. The quantitative estimate of drug-likeness (QED) is 0.828. The van der Waals surface area contributed by atoms with Gasteiger partial charge in [-0.05, 0) is 31.7 Å². The lowest BCUT2D eigenvalue weighted by molar-refractivity contribution is -0.140. The van der Waals surface area contributed by atoms with Crippen molar-refractivity contribution in [2.45, 2.75) is 44.8 Å². The minimum Gasteiger partial charge on any atom is -0.378 e. The van der Waals surface area contributed by atoms with Crippen molar-refractivity contribution < 1.29 is 9.53 Å². The Labute approximate surface area is 137 Å². The molecule has 2 aliphatic heterocycles. The summed E-state index contributed by atoms with van der Waals surface area (Å²) in [5.74, 6) is 1.08. The lowest BCUT2D eigenvalue weighted by atomic mass is 10.0. The maximum absolute atomic E-state index is 12.5. The third-order valence-corrected chi connectivity index (χ3v) is 5.54. The minimum atomic E-state index is 0.244. The number of aromatic nitrogens is 2. The van der Waals surface area contributed by atoms with Crippen LogP contribution in [0.5, 0.6) is 0 Å². The molecule has 0 unspecified atom stereocenters. The molecule has 0 N–H and O–H groups in total. The molecule has 1 saturated carbocycles. The Kier molecular flexibility index (Phi) is 4.11. The smallest absolute Gasteiger partial charge is 0.224 e. The number of aryl methyl sites for hydroxylation is 2. The van der Waals surface area contributed by atoms with Crippen LogP contribution < -0.4 is 0 Å². The van der Waals surface area contributed by atoms with Crippen LogP contribution in [0.15, 0.2) is 12.3 Å². The Morgan fingerprint density at radius 2 is 2.22 bits per heavy atom. The average Bonchev–Trinajstić information content (AvgIpc) is 3.34. The summed E-state index contributed by atoms with van der Waals surface area (Å²) < 4.78 is 7.73. The fourth-order valence-corrected chi connectivity index (χ4v) is 3.98. The topological polar surface area (TPSA) is 50.6 Å². The van der Waals surface area contributed by atoms with E-state index >= 15 is 0 Å². The van der Waals surface area contributed by atoms with Gasteiger partial charge in [0.15, 0.2) is 0 Å². The molecule has 1 aromatic heterocycles. The molecule has 6 heteroatoms. The van der Waals surface area contributed by atoms with Gasteiger partial charge in [-0.3, -0.25) is 14.4 Å². The molecule has 2 saturated heterocycles. The Bertz CT molecular complexity index is 569. The second-order valence-corrected chi connectivity index (χ2v) is 7.12. The van der Waals surface area contributed by atoms with Crippen molar-refractivity contribution in [3.63, 3.8) is 0 Å². The van der Waals surface area contributed by atoms with Gasteiger partial charge in [-0.2, -0.15) is 5.10 Å². The number of amides is 1. The van der Waals surface area contributed by atoms with Gasteiger partial charge in [0.2, 0.25) is 5.91 Å². The van der Waals surface area contributed by atoms with Crippen LogP contribution in [-0.4, -0.2) is 70.4 Å². The van der Waals surface area contributed by atoms with Gasteiger partial charge in [0.1, 0.15) is 0 Å². The molecular weight excluding hydrogens is 292 g/mol. The highest BCUT2D eigenvalue weighted by Crippen LogP contribution is 2.38. The van der Waals surface area contributed by atoms with Gasteiger partial charge in [-0.1, -0.05) is 0 Å². The fourth-order valence-electron chi connectivity index (χ4n) is 3.98. The highest BCUT2D eigenvalue weighted by Gasteiger charge is 2.43. The van der Waals surface area contributed by atoms with Crippen LogP contribution in [0.25, 0.3) is 0 Å². The first-order valence-corrected chi connectivity index (χ1v) is 8.82. The van der Waals surface area contributed by atoms with Crippen LogP contribution in [-0.2, 0) is 16.1 Å². The Morgan fingerprint density at radius 3 is 2.96 bits per heavy atom. The van der Waals surface area contributed by atoms with E-state index in [0.29, 0.717) is 25.0 Å². The SMILES string of the molecule is Cc1ccnn1CCC(=O)N1CCN2[C@@H](COC[C@@H]2C2CC2)C1. The molecule has 4 rings (SSSR count). The van der Waals surface area contributed by atoms with E-state index in [-0.39, 0.29) is 5.91 Å². The van der Waals surface area contributed by atoms with Crippen molar-refractivity contribution in [1.82, 2.24) is 19.6 Å². The predicted molar refractivity (Wildman–Crippen MR) is 86.0 cm³/mol. The second kappa shape index (κ2) is 6.24. The molecule has 3 aliphatic rings. The molecule has 2 atom stereocenters. The molecule has 126 valence electrons. The molecule has 6 nitrogen and oxygen atoms in total. The molecule has 0 radical (unpaired) electrons. The second-order valence-electron chi connectivity index (χ2n) is 7.12. The summed E-state index contributed by atoms with van der Waals surface area (Å²) in [7, 11) is 0. The number of ether oxygens (including phenoxy) is 1. The number of hydrogen-bond acceptors (Lipinski definition) is 4. The summed E-state index contributed by atoms with van der Waals surface area (Å²) in [6.07, 6.45) is 5.02. The molecule has 23 heavy (non-hydrogen) atoms. The maximum atomic E-state index is 12.5. The van der Waals surface area contributed by atoms with E-state index in [2.05, 4.69) is 10.00 Å². The molecule has 0 bridgehead atoms. The van der Waals surface area contributed by atoms with Gasteiger partial charge in [0.25, 0.3) is 0 Å². The first-order chi connectivity index (χ1) is 11.2. The van der Waals surface area contributed by atoms with Gasteiger partial charge in [-0.15, -0.1) is 0 Å². The molecule has 3 heterocycles. The van der Waals surface area contributed by atoms with Crippen molar-refractivity contribution in [1.29, 1.82) is 0 Å². The van der Waals surface area contributed by atoms with Crippen LogP contribution in [0.1, 0.15) is 25.0 Å². The van der Waals surface area contributed by atoms with Crippen LogP contribution in [0.2, 0.25) is 0 Å². The number of carbonyl (C=O) groups is 1. The minimum absolute atomic E-state index is 0.244. The van der Waals surface area contributed by atoms with E-state index in [4.69, 9.17) is 4.74 Å². The lowest BCUT2D eigenvalue weighted by Crippen LogP contribution is -2.63. The van der Waals surface area contributed by atoms with Crippen molar-refractivity contribution in [3.8, 4) is 0 Å². The average molecular weight is 318 g/mol. The van der Waals surface area contributed by atoms with Crippen LogP contribution in [0, 0.1) is 12.8 Å². The lowest BCUT2D eigenvalue weighted by Gasteiger charge is -2.48. The molecule has 0 aromatic carbocycles. The number of fused-ring (bicyclic) bond motifs is 1. The fraction of sp³-hybridized carbons (Fsp3) is 0.765. The third-order valence-electron chi connectivity index (χ3n) is 5.54. The number of morpholine rings is 1. The molecule has 1 aliphatic carbocycles. The zero-order valence-electron chi connectivity index (χ0n) is 13.9. The van der Waals surface area contributed by atoms with Gasteiger partial charge in [0, 0.05) is 50.5 Å². The zero-order chi connectivity index (χ0) is 15.8. The van der Waals surface area contributed by atoms with Gasteiger partial charge < -0.3 is 9.64 Å². The summed E-state index contributed by atoms with van der Waals surface area (Å²) in [5.41, 5.74) is 1.11. The summed E-state index contributed by atoms with van der Waals surface area (Å²) >= 11 is 0. The summed E-state index contributed by atoms with van der Waals surface area (Å²) in [5, 5.41) is 4.25. The Morgan fingerprint density at radius 1 is 1.35 bits per heavy atom. The summed E-state index contributed by atoms with van der Waals surface area (Å²) in [6, 6.07) is 2.96. The van der Waals surface area contributed by atoms with E-state index in [1.165, 1.54) is 12.8 Å². The Hall–Kier alpha value is -1.40. The Balaban J connectivity index is 1.32. The first-order valence-electron chi connectivity index (χ1n) is 8.82. The van der Waals surface area contributed by atoms with E-state index < -0.39 is 0 Å². The van der Waals surface area contributed by atoms with Gasteiger partial charge >= 0.3 is 0 Å². The molecule has 1 amide bonds. The maximum Gasteiger partial charge on any atom is 0.224 e. The van der Waals surface area contributed by atoms with Crippen LogP contribution in [0.3, 0.4) is 0 Å². The molecule has 1 aromatic rings. The predicted octanol–water partition coefficient (Wildman–Crippen LogP) is 0.903. The van der Waals surface area contributed by atoms with E-state index in [0.717, 1.165) is 44.5 Å². The zero-order valence-corrected chi connectivity index (χ0v) is 13.9. The number of hydrogen-bond donors (Lipinski definition) is 0. The number of rotatable bonds is 4. The summed E-state index contributed by atoms with van der Waals surface area (Å²) in [6.45, 7) is 7.02. The van der Waals surface area contributed by atoms with E-state index in [1.54, 1.807) is 6.20 Å². The van der Waals surface area contributed by atoms with Crippen molar-refractivity contribution in [2.75, 3.05) is 32.8 Å². The molecule has 3 fully saturated rings. The number of piperazine rings is 1. The van der Waals surface area contributed by atoms with Crippen LogP contribution >= 0.6 is 0 Å². The third kappa shape index (κ3) is 3.15. The van der Waals surface area contributed by atoms with Crippen molar-refractivity contribution in [2.24, 2.45) is 5.92 Å². The highest BCUT2D eigenvalue weighted by molar-refractivity contribution is 5.76. The number of nitrogens with zero attached hydrogens (tertiary/aromatic N) is 4. The first kappa shape index (κ1) is 15.1. The van der Waals surface area contributed by atoms with Crippen LogP contribution in [0.4, 0.5) is 0 Å². The number of carbonyl (C=O) groups excluding carboxylic acids is 1. The van der Waals surface area contributed by atoms with Crippen molar-refractivity contribution in [3.05, 3.63) is 18.0 Å². The standard InChI is InChI=1S/C17H26N4O2/c1-13-4-6-18-21(13)7-5-17(22)19-8-9-20-15(10-19)11-23-12-16(20)14-2-3-14/h4,6,14-16H,2-3,5,7-12H2,1H3/t15-,16-/m1/s1. The molecular formula is C17H26N4O2. The van der Waals surface area contributed by atoms with Gasteiger partial charge in [0.05, 0.1) is 19.3 Å². The van der Waals surface area contributed by atoms with Gasteiger partial charge in [-0.25, -0.2) is 0 Å². The largest absolute Gasteiger partial charge is 0.378 e. The van der Waals surface area contributed by atoms with E-state index in [1.807, 2.05) is 22.6 Å².